The van der Waals surface area contributed by atoms with Crippen molar-refractivity contribution in [2.45, 2.75) is 39.3 Å². The van der Waals surface area contributed by atoms with Gasteiger partial charge in [0.2, 0.25) is 0 Å². The van der Waals surface area contributed by atoms with Crippen LogP contribution in [0.15, 0.2) is 54.2 Å². The molecule has 4 aromatic rings. The number of rotatable bonds is 5. The second-order valence-electron chi connectivity index (χ2n) is 9.50. The number of methoxy groups -OCH3 is 1. The molecule has 0 bridgehead atoms. The van der Waals surface area contributed by atoms with Crippen LogP contribution in [0.5, 0.6) is 17.5 Å². The lowest BCUT2D eigenvalue weighted by Gasteiger charge is -2.32. The molecule has 35 heavy (non-hydrogen) atoms. The summed E-state index contributed by atoms with van der Waals surface area (Å²) >= 11 is 1.66. The summed E-state index contributed by atoms with van der Waals surface area (Å²) in [6, 6.07) is 12.1. The van der Waals surface area contributed by atoms with E-state index >= 15 is 0 Å². The zero-order valence-electron chi connectivity index (χ0n) is 20.5. The zero-order chi connectivity index (χ0) is 24.7. The van der Waals surface area contributed by atoms with Crippen LogP contribution < -0.4 is 9.47 Å². The molecule has 1 aromatic carbocycles. The van der Waals surface area contributed by atoms with Gasteiger partial charge in [-0.1, -0.05) is 6.07 Å². The molecule has 0 spiro atoms. The molecule has 180 valence electrons. The van der Waals surface area contributed by atoms with Crippen molar-refractivity contribution < 1.29 is 14.3 Å². The maximum Gasteiger partial charge on any atom is 0.321 e. The van der Waals surface area contributed by atoms with Gasteiger partial charge in [-0.25, -0.2) is 9.97 Å². The van der Waals surface area contributed by atoms with Crippen molar-refractivity contribution in [2.24, 2.45) is 0 Å². The first-order chi connectivity index (χ1) is 16.8. The van der Waals surface area contributed by atoms with Crippen molar-refractivity contribution in [3.63, 3.8) is 0 Å². The molecule has 0 saturated heterocycles. The Morgan fingerprint density at radius 1 is 1.09 bits per heavy atom. The van der Waals surface area contributed by atoms with E-state index in [1.165, 1.54) is 0 Å². The molecule has 3 aromatic heterocycles. The number of benzene rings is 1. The summed E-state index contributed by atoms with van der Waals surface area (Å²) in [6.45, 7) is 6.84. The number of carbonyl (C=O) groups excluding carboxylic acids is 1. The highest BCUT2D eigenvalue weighted by atomic mass is 32.1. The van der Waals surface area contributed by atoms with Crippen LogP contribution in [0.4, 0.5) is 0 Å². The second kappa shape index (κ2) is 8.85. The average Bonchev–Trinajstić information content (AvgIpc) is 3.51. The molecule has 7 nitrogen and oxygen atoms in total. The van der Waals surface area contributed by atoms with Gasteiger partial charge in [-0.3, -0.25) is 4.79 Å². The number of aromatic nitrogens is 3. The van der Waals surface area contributed by atoms with Crippen LogP contribution in [0, 0.1) is 0 Å². The molecular weight excluding hydrogens is 460 g/mol. The quantitative estimate of drug-likeness (QED) is 0.350. The normalized spacial score (nSPS) is 12.6. The van der Waals surface area contributed by atoms with E-state index in [9.17, 15) is 4.79 Å². The van der Waals surface area contributed by atoms with Crippen LogP contribution in [0.25, 0.3) is 21.7 Å². The van der Waals surface area contributed by atoms with Crippen LogP contribution in [-0.4, -0.2) is 45.0 Å². The fraction of sp³-hybridized carbons (Fsp3) is 0.296. The smallest absolute Gasteiger partial charge is 0.321 e. The summed E-state index contributed by atoms with van der Waals surface area (Å²) in [6.07, 6.45) is 4.05. The third-order valence-electron chi connectivity index (χ3n) is 6.41. The Morgan fingerprint density at radius 3 is 2.51 bits per heavy atom. The Balaban J connectivity index is 1.69. The third kappa shape index (κ3) is 4.18. The molecule has 0 N–H and O–H groups in total. The minimum atomic E-state index is -0.290. The predicted molar refractivity (Wildman–Crippen MR) is 137 cm³/mol. The molecule has 1 aliphatic heterocycles. The van der Waals surface area contributed by atoms with E-state index in [0.717, 1.165) is 33.7 Å². The maximum absolute atomic E-state index is 13.6. The fourth-order valence-corrected chi connectivity index (χ4v) is 5.03. The van der Waals surface area contributed by atoms with Gasteiger partial charge in [0.25, 0.3) is 5.91 Å². The van der Waals surface area contributed by atoms with E-state index in [1.54, 1.807) is 41.8 Å². The topological polar surface area (TPSA) is 69.5 Å². The van der Waals surface area contributed by atoms with Crippen LogP contribution in [0.3, 0.4) is 0 Å². The van der Waals surface area contributed by atoms with E-state index in [4.69, 9.17) is 9.47 Å². The summed E-state index contributed by atoms with van der Waals surface area (Å²) < 4.78 is 13.8. The van der Waals surface area contributed by atoms with Gasteiger partial charge in [0.15, 0.2) is 11.5 Å². The van der Waals surface area contributed by atoms with Gasteiger partial charge in [0, 0.05) is 47.5 Å². The first-order valence-corrected chi connectivity index (χ1v) is 12.4. The van der Waals surface area contributed by atoms with Crippen molar-refractivity contribution >= 4 is 17.2 Å². The number of hydrogen-bond donors (Lipinski definition) is 0. The van der Waals surface area contributed by atoms with Crippen molar-refractivity contribution in [3.8, 4) is 39.2 Å². The van der Waals surface area contributed by atoms with Crippen molar-refractivity contribution in [2.75, 3.05) is 14.2 Å². The van der Waals surface area contributed by atoms with E-state index in [2.05, 4.69) is 26.0 Å². The number of hydrogen-bond acceptors (Lipinski definition) is 6. The summed E-state index contributed by atoms with van der Waals surface area (Å²) in [7, 11) is 3.49. The highest BCUT2D eigenvalue weighted by molar-refractivity contribution is 7.13. The maximum atomic E-state index is 13.6. The lowest BCUT2D eigenvalue weighted by Crippen LogP contribution is -2.43. The Labute approximate surface area is 209 Å². The van der Waals surface area contributed by atoms with Gasteiger partial charge in [0.1, 0.15) is 5.69 Å². The van der Waals surface area contributed by atoms with E-state index in [0.29, 0.717) is 23.7 Å². The number of amides is 1. The first kappa shape index (κ1) is 23.1. The Hall–Kier alpha value is -3.65. The fourth-order valence-electron chi connectivity index (χ4n) is 4.28. The molecule has 1 amide bonds. The van der Waals surface area contributed by atoms with E-state index < -0.39 is 0 Å². The number of aryl methyl sites for hydroxylation is 1. The number of thiophene rings is 1. The molecule has 8 heteroatoms. The Bertz CT molecular complexity index is 1370. The van der Waals surface area contributed by atoms with E-state index in [1.807, 2.05) is 52.1 Å². The predicted octanol–water partition coefficient (Wildman–Crippen LogP) is 5.90. The third-order valence-corrected chi connectivity index (χ3v) is 7.31. The SMILES string of the molecule is COc1cc2c(cc1Oc1ncccn1)-c1c(-c3cccs3)cc(C(=O)N(C)C(C)(C)C)n1CC2. The number of ether oxygens (including phenoxy) is 2. The number of carbonyl (C=O) groups is 1. The molecule has 0 atom stereocenters. The Kier molecular flexibility index (Phi) is 5.84. The molecule has 0 aliphatic carbocycles. The average molecular weight is 489 g/mol. The molecule has 0 unspecified atom stereocenters. The minimum absolute atomic E-state index is 0.00711. The molecule has 0 radical (unpaired) electrons. The summed E-state index contributed by atoms with van der Waals surface area (Å²) in [5.41, 5.74) is 4.62. The largest absolute Gasteiger partial charge is 0.493 e. The highest BCUT2D eigenvalue weighted by Gasteiger charge is 2.32. The lowest BCUT2D eigenvalue weighted by molar-refractivity contribution is 0.0644. The molecule has 0 fully saturated rings. The van der Waals surface area contributed by atoms with E-state index in [-0.39, 0.29) is 17.5 Å². The monoisotopic (exact) mass is 488 g/mol. The van der Waals surface area contributed by atoms with Gasteiger partial charge in [0.05, 0.1) is 12.8 Å². The zero-order valence-corrected chi connectivity index (χ0v) is 21.3. The van der Waals surface area contributed by atoms with Crippen LogP contribution in [0.2, 0.25) is 0 Å². The van der Waals surface area contributed by atoms with Crippen LogP contribution in [0.1, 0.15) is 36.8 Å². The van der Waals surface area contributed by atoms with Gasteiger partial charge < -0.3 is 18.9 Å². The standard InChI is InChI=1S/C27H28N4O3S/c1-27(2,3)30(4)25(32)20-15-19(23-8-6-13-35-23)24-18-16-22(34-26-28-10-7-11-29-26)21(33-5)14-17(18)9-12-31(20)24/h6-8,10-11,13-16H,9,12H2,1-5H3. The number of nitrogens with zero attached hydrogens (tertiary/aromatic N) is 4. The van der Waals surface area contributed by atoms with Crippen LogP contribution in [-0.2, 0) is 13.0 Å². The lowest BCUT2D eigenvalue weighted by atomic mass is 9.95. The molecule has 4 heterocycles. The first-order valence-electron chi connectivity index (χ1n) is 11.5. The van der Waals surface area contributed by atoms with Gasteiger partial charge >= 0.3 is 6.01 Å². The van der Waals surface area contributed by atoms with Gasteiger partial charge in [-0.2, -0.15) is 0 Å². The summed E-state index contributed by atoms with van der Waals surface area (Å²) in [5.74, 6) is 1.16. The van der Waals surface area contributed by atoms with Gasteiger partial charge in [-0.05, 0) is 68.5 Å². The van der Waals surface area contributed by atoms with Crippen molar-refractivity contribution in [1.29, 1.82) is 0 Å². The Morgan fingerprint density at radius 2 is 1.86 bits per heavy atom. The number of fused-ring (bicyclic) bond motifs is 3. The van der Waals surface area contributed by atoms with Gasteiger partial charge in [-0.15, -0.1) is 11.3 Å². The molecule has 0 saturated carbocycles. The molecule has 5 rings (SSSR count). The molecular formula is C27H28N4O3S. The van der Waals surface area contributed by atoms with Crippen molar-refractivity contribution in [3.05, 3.63) is 65.4 Å². The highest BCUT2D eigenvalue weighted by Crippen LogP contribution is 2.46. The van der Waals surface area contributed by atoms with Crippen LogP contribution >= 0.6 is 11.3 Å². The molecule has 1 aliphatic rings. The van der Waals surface area contributed by atoms with Crippen molar-refractivity contribution in [1.82, 2.24) is 19.4 Å². The summed E-state index contributed by atoms with van der Waals surface area (Å²) in [4.78, 5) is 24.9. The minimum Gasteiger partial charge on any atom is -0.493 e. The second-order valence-corrected chi connectivity index (χ2v) is 10.4. The summed E-state index contributed by atoms with van der Waals surface area (Å²) in [5, 5.41) is 2.06.